The number of nitrogens with zero attached hydrogens (tertiary/aromatic N) is 2. The van der Waals surface area contributed by atoms with Crippen LogP contribution in [-0.4, -0.2) is 30.9 Å². The fourth-order valence-corrected chi connectivity index (χ4v) is 2.16. The zero-order valence-electron chi connectivity index (χ0n) is 10.6. The first-order valence-electron chi connectivity index (χ1n) is 6.48. The molecule has 2 nitrogen and oxygen atoms in total. The Morgan fingerprint density at radius 2 is 1.87 bits per heavy atom. The lowest BCUT2D eigenvalue weighted by molar-refractivity contribution is 0.436. The van der Waals surface area contributed by atoms with Gasteiger partial charge in [0.25, 0.3) is 0 Å². The minimum absolute atomic E-state index is 0.619. The standard InChI is InChI=1S/C13H26N2/c1-4-5-11-13(15(2)3)14-12-9-7-6-8-10-12/h12H,4-11H2,1-3H3/b14-13-. The van der Waals surface area contributed by atoms with Gasteiger partial charge < -0.3 is 4.90 Å². The van der Waals surface area contributed by atoms with Crippen LogP contribution in [-0.2, 0) is 0 Å². The summed E-state index contributed by atoms with van der Waals surface area (Å²) in [5.74, 6) is 1.31. The first kappa shape index (κ1) is 12.5. The van der Waals surface area contributed by atoms with E-state index in [0.717, 1.165) is 6.42 Å². The minimum Gasteiger partial charge on any atom is -0.366 e. The molecule has 0 saturated heterocycles. The lowest BCUT2D eigenvalue weighted by atomic mass is 9.96. The summed E-state index contributed by atoms with van der Waals surface area (Å²) in [4.78, 5) is 7.11. The summed E-state index contributed by atoms with van der Waals surface area (Å²) in [5, 5.41) is 0. The van der Waals surface area contributed by atoms with Crippen LogP contribution in [0.2, 0.25) is 0 Å². The molecule has 0 aromatic carbocycles. The highest BCUT2D eigenvalue weighted by atomic mass is 15.1. The topological polar surface area (TPSA) is 15.6 Å². The Bertz CT molecular complexity index is 191. The van der Waals surface area contributed by atoms with Gasteiger partial charge in [-0.1, -0.05) is 32.6 Å². The zero-order chi connectivity index (χ0) is 11.1. The Labute approximate surface area is 94.8 Å². The SMILES string of the molecule is CCCC/C(=N/C1CCCCC1)N(C)C. The molecule has 1 saturated carbocycles. The van der Waals surface area contributed by atoms with Crippen molar-refractivity contribution in [1.82, 2.24) is 4.90 Å². The van der Waals surface area contributed by atoms with E-state index in [9.17, 15) is 0 Å². The van der Waals surface area contributed by atoms with Gasteiger partial charge in [-0.2, -0.15) is 0 Å². The third kappa shape index (κ3) is 4.67. The second-order valence-electron chi connectivity index (χ2n) is 4.84. The molecule has 1 aliphatic carbocycles. The molecule has 0 unspecified atom stereocenters. The van der Waals surface area contributed by atoms with Crippen molar-refractivity contribution in [2.75, 3.05) is 14.1 Å². The first-order valence-corrected chi connectivity index (χ1v) is 6.48. The Hall–Kier alpha value is -0.530. The van der Waals surface area contributed by atoms with E-state index in [2.05, 4.69) is 25.9 Å². The van der Waals surface area contributed by atoms with E-state index in [1.807, 2.05) is 0 Å². The smallest absolute Gasteiger partial charge is 0.0987 e. The second-order valence-corrected chi connectivity index (χ2v) is 4.84. The number of aliphatic imine (C=N–C) groups is 1. The van der Waals surface area contributed by atoms with Gasteiger partial charge >= 0.3 is 0 Å². The van der Waals surface area contributed by atoms with Gasteiger partial charge in [-0.15, -0.1) is 0 Å². The molecule has 1 rings (SSSR count). The van der Waals surface area contributed by atoms with Crippen molar-refractivity contribution >= 4 is 5.84 Å². The summed E-state index contributed by atoms with van der Waals surface area (Å²) >= 11 is 0. The molecule has 0 spiro atoms. The van der Waals surface area contributed by atoms with Crippen LogP contribution in [0.1, 0.15) is 58.3 Å². The number of rotatable bonds is 4. The molecule has 1 aliphatic rings. The lowest BCUT2D eigenvalue weighted by Gasteiger charge is -2.22. The molecule has 0 N–H and O–H groups in total. The molecule has 0 radical (unpaired) electrons. The molecule has 0 bridgehead atoms. The number of hydrogen-bond acceptors (Lipinski definition) is 1. The van der Waals surface area contributed by atoms with Crippen LogP contribution >= 0.6 is 0 Å². The van der Waals surface area contributed by atoms with E-state index in [-0.39, 0.29) is 0 Å². The Morgan fingerprint density at radius 3 is 2.40 bits per heavy atom. The fraction of sp³-hybridized carbons (Fsp3) is 0.923. The first-order chi connectivity index (χ1) is 7.24. The molecule has 0 aromatic heterocycles. The maximum atomic E-state index is 4.92. The highest BCUT2D eigenvalue weighted by Gasteiger charge is 2.13. The highest BCUT2D eigenvalue weighted by molar-refractivity contribution is 5.81. The monoisotopic (exact) mass is 210 g/mol. The van der Waals surface area contributed by atoms with Crippen LogP contribution in [0.15, 0.2) is 4.99 Å². The third-order valence-electron chi connectivity index (χ3n) is 3.18. The Morgan fingerprint density at radius 1 is 1.20 bits per heavy atom. The van der Waals surface area contributed by atoms with Crippen LogP contribution in [0.25, 0.3) is 0 Å². The molecule has 0 amide bonds. The van der Waals surface area contributed by atoms with Gasteiger partial charge in [0, 0.05) is 20.5 Å². The average molecular weight is 210 g/mol. The minimum atomic E-state index is 0.619. The van der Waals surface area contributed by atoms with E-state index in [4.69, 9.17) is 4.99 Å². The Balaban J connectivity index is 2.48. The van der Waals surface area contributed by atoms with Gasteiger partial charge in [0.2, 0.25) is 0 Å². The van der Waals surface area contributed by atoms with Gasteiger partial charge in [0.05, 0.1) is 11.9 Å². The molecule has 15 heavy (non-hydrogen) atoms. The molecular formula is C13H26N2. The predicted molar refractivity (Wildman–Crippen MR) is 67.5 cm³/mol. The van der Waals surface area contributed by atoms with Crippen LogP contribution in [0.3, 0.4) is 0 Å². The molecule has 0 aliphatic heterocycles. The van der Waals surface area contributed by atoms with E-state index in [0.29, 0.717) is 6.04 Å². The van der Waals surface area contributed by atoms with Crippen molar-refractivity contribution in [3.63, 3.8) is 0 Å². The van der Waals surface area contributed by atoms with Crippen molar-refractivity contribution in [2.45, 2.75) is 64.3 Å². The molecular weight excluding hydrogens is 184 g/mol. The largest absolute Gasteiger partial charge is 0.366 e. The molecule has 0 atom stereocenters. The fourth-order valence-electron chi connectivity index (χ4n) is 2.16. The molecule has 2 heteroatoms. The van der Waals surface area contributed by atoms with Crippen LogP contribution in [0.4, 0.5) is 0 Å². The number of hydrogen-bond donors (Lipinski definition) is 0. The summed E-state index contributed by atoms with van der Waals surface area (Å²) in [6.07, 6.45) is 10.5. The number of amidine groups is 1. The van der Waals surface area contributed by atoms with Crippen LogP contribution in [0, 0.1) is 0 Å². The number of unbranched alkanes of at least 4 members (excludes halogenated alkanes) is 1. The lowest BCUT2D eigenvalue weighted by Crippen LogP contribution is -2.25. The predicted octanol–water partition coefficient (Wildman–Crippen LogP) is 3.47. The van der Waals surface area contributed by atoms with Gasteiger partial charge in [-0.25, -0.2) is 0 Å². The van der Waals surface area contributed by atoms with E-state index in [1.54, 1.807) is 0 Å². The zero-order valence-corrected chi connectivity index (χ0v) is 10.6. The normalized spacial score (nSPS) is 19.3. The quantitative estimate of drug-likeness (QED) is 0.512. The van der Waals surface area contributed by atoms with Crippen molar-refractivity contribution in [3.05, 3.63) is 0 Å². The summed E-state index contributed by atoms with van der Waals surface area (Å²) in [5.41, 5.74) is 0. The van der Waals surface area contributed by atoms with E-state index >= 15 is 0 Å². The van der Waals surface area contributed by atoms with Gasteiger partial charge in [0.15, 0.2) is 0 Å². The summed E-state index contributed by atoms with van der Waals surface area (Å²) < 4.78 is 0. The summed E-state index contributed by atoms with van der Waals surface area (Å²) in [6.45, 7) is 2.24. The summed E-state index contributed by atoms with van der Waals surface area (Å²) in [7, 11) is 4.24. The van der Waals surface area contributed by atoms with Gasteiger partial charge in [-0.05, 0) is 19.3 Å². The second kappa shape index (κ2) is 6.86. The molecule has 0 aromatic rings. The van der Waals surface area contributed by atoms with E-state index < -0.39 is 0 Å². The van der Waals surface area contributed by atoms with Gasteiger partial charge in [-0.3, -0.25) is 4.99 Å². The van der Waals surface area contributed by atoms with Crippen molar-refractivity contribution in [1.29, 1.82) is 0 Å². The van der Waals surface area contributed by atoms with E-state index in [1.165, 1.54) is 50.8 Å². The molecule has 88 valence electrons. The highest BCUT2D eigenvalue weighted by Crippen LogP contribution is 2.21. The van der Waals surface area contributed by atoms with Crippen LogP contribution < -0.4 is 0 Å². The molecule has 1 fully saturated rings. The maximum Gasteiger partial charge on any atom is 0.0987 e. The van der Waals surface area contributed by atoms with Crippen molar-refractivity contribution in [3.8, 4) is 0 Å². The summed E-state index contributed by atoms with van der Waals surface area (Å²) in [6, 6.07) is 0.619. The van der Waals surface area contributed by atoms with Crippen molar-refractivity contribution in [2.24, 2.45) is 4.99 Å². The third-order valence-corrected chi connectivity index (χ3v) is 3.18. The molecule has 0 heterocycles. The van der Waals surface area contributed by atoms with Crippen LogP contribution in [0.5, 0.6) is 0 Å². The average Bonchev–Trinajstić information content (AvgIpc) is 2.25. The Kier molecular flexibility index (Phi) is 5.74. The van der Waals surface area contributed by atoms with Crippen molar-refractivity contribution < 1.29 is 0 Å². The van der Waals surface area contributed by atoms with Gasteiger partial charge in [0.1, 0.15) is 0 Å². The maximum absolute atomic E-state index is 4.92.